The van der Waals surface area contributed by atoms with Gasteiger partial charge in [0.15, 0.2) is 0 Å². The molecule has 2 saturated heterocycles. The van der Waals surface area contributed by atoms with Gasteiger partial charge in [-0.05, 0) is 62.1 Å². The molecule has 7 nitrogen and oxygen atoms in total. The third kappa shape index (κ3) is 5.09. The number of pyridine rings is 1. The Bertz CT molecular complexity index is 1010. The lowest BCUT2D eigenvalue weighted by Gasteiger charge is -2.34. The van der Waals surface area contributed by atoms with Gasteiger partial charge in [-0.3, -0.25) is 14.7 Å². The molecule has 1 unspecified atom stereocenters. The van der Waals surface area contributed by atoms with E-state index in [-0.39, 0.29) is 17.6 Å². The van der Waals surface area contributed by atoms with Crippen LogP contribution in [0.25, 0.3) is 6.08 Å². The normalized spacial score (nSPS) is 19.8. The van der Waals surface area contributed by atoms with Crippen molar-refractivity contribution in [3.63, 3.8) is 0 Å². The zero-order valence-corrected chi connectivity index (χ0v) is 19.0. The highest BCUT2D eigenvalue weighted by Gasteiger charge is 2.24. The molecule has 4 rings (SSSR count). The monoisotopic (exact) mass is 433 g/mol. The number of ether oxygens (including phenoxy) is 1. The fourth-order valence-corrected chi connectivity index (χ4v) is 4.57. The lowest BCUT2D eigenvalue weighted by atomic mass is 10.1. The Morgan fingerprint density at radius 3 is 2.66 bits per heavy atom. The van der Waals surface area contributed by atoms with Crippen molar-refractivity contribution in [2.24, 2.45) is 0 Å². The maximum Gasteiger partial charge on any atom is 0.264 e. The molecule has 4 heterocycles. The number of carbonyl (C=O) groups excluding carboxylic acids is 1. The van der Waals surface area contributed by atoms with Crippen molar-refractivity contribution < 1.29 is 9.53 Å². The first kappa shape index (κ1) is 22.3. The van der Waals surface area contributed by atoms with E-state index in [2.05, 4.69) is 33.5 Å². The highest BCUT2D eigenvalue weighted by molar-refractivity contribution is 6.01. The van der Waals surface area contributed by atoms with Crippen LogP contribution in [0.3, 0.4) is 0 Å². The lowest BCUT2D eigenvalue weighted by Crippen LogP contribution is -2.48. The van der Waals surface area contributed by atoms with E-state index in [4.69, 9.17) is 4.74 Å². The summed E-state index contributed by atoms with van der Waals surface area (Å²) in [6.45, 7) is 9.45. The van der Waals surface area contributed by atoms with E-state index in [0.717, 1.165) is 62.6 Å². The fourth-order valence-electron chi connectivity index (χ4n) is 4.57. The molecule has 7 heteroatoms. The van der Waals surface area contributed by atoms with Gasteiger partial charge in [-0.1, -0.05) is 0 Å². The zero-order valence-electron chi connectivity index (χ0n) is 19.0. The Labute approximate surface area is 189 Å². The van der Waals surface area contributed by atoms with E-state index in [1.807, 2.05) is 19.1 Å². The van der Waals surface area contributed by atoms with E-state index in [1.165, 1.54) is 5.56 Å². The van der Waals surface area contributed by atoms with Crippen molar-refractivity contribution in [3.05, 3.63) is 58.7 Å². The quantitative estimate of drug-likeness (QED) is 0.517. The third-order valence-corrected chi connectivity index (χ3v) is 6.49. The molecule has 0 spiro atoms. The van der Waals surface area contributed by atoms with Gasteiger partial charge in [0.25, 0.3) is 5.91 Å². The summed E-state index contributed by atoms with van der Waals surface area (Å²) < 4.78 is 8.02. The van der Waals surface area contributed by atoms with Crippen LogP contribution in [0.5, 0.6) is 0 Å². The minimum absolute atomic E-state index is 0.181. The summed E-state index contributed by atoms with van der Waals surface area (Å²) in [7, 11) is 0. The second-order valence-corrected chi connectivity index (χ2v) is 8.67. The van der Waals surface area contributed by atoms with E-state index in [9.17, 15) is 10.1 Å². The summed E-state index contributed by atoms with van der Waals surface area (Å²) in [5, 5.41) is 9.72. The number of hydrogen-bond acceptors (Lipinski definition) is 5. The smallest absolute Gasteiger partial charge is 0.264 e. The van der Waals surface area contributed by atoms with Gasteiger partial charge in [0.1, 0.15) is 11.6 Å². The lowest BCUT2D eigenvalue weighted by molar-refractivity contribution is -0.128. The van der Waals surface area contributed by atoms with Gasteiger partial charge in [0.05, 0.1) is 6.10 Å². The van der Waals surface area contributed by atoms with Crippen LogP contribution >= 0.6 is 0 Å². The molecular formula is C25H31N5O2. The third-order valence-electron chi connectivity index (χ3n) is 6.49. The molecule has 0 aliphatic carbocycles. The van der Waals surface area contributed by atoms with E-state index in [0.29, 0.717) is 13.1 Å². The van der Waals surface area contributed by atoms with Crippen molar-refractivity contribution in [1.29, 1.82) is 5.26 Å². The Balaban J connectivity index is 1.40. The number of aromatic nitrogens is 2. The van der Waals surface area contributed by atoms with Gasteiger partial charge in [0, 0.05) is 69.7 Å². The van der Waals surface area contributed by atoms with Gasteiger partial charge < -0.3 is 14.2 Å². The molecule has 0 bridgehead atoms. The maximum atomic E-state index is 13.1. The summed E-state index contributed by atoms with van der Waals surface area (Å²) in [6.07, 6.45) is 7.79. The second kappa shape index (κ2) is 10.1. The summed E-state index contributed by atoms with van der Waals surface area (Å²) in [5.41, 5.74) is 4.54. The first-order valence-electron chi connectivity index (χ1n) is 11.4. The van der Waals surface area contributed by atoms with Crippen molar-refractivity contribution in [2.45, 2.75) is 45.9 Å². The molecule has 0 N–H and O–H groups in total. The first-order chi connectivity index (χ1) is 15.5. The fraction of sp³-hybridized carbons (Fsp3) is 0.480. The second-order valence-electron chi connectivity index (χ2n) is 8.67. The number of aryl methyl sites for hydroxylation is 1. The molecule has 2 aliphatic heterocycles. The molecule has 32 heavy (non-hydrogen) atoms. The molecule has 168 valence electrons. The van der Waals surface area contributed by atoms with Crippen molar-refractivity contribution in [2.75, 3.05) is 32.8 Å². The van der Waals surface area contributed by atoms with Gasteiger partial charge in [-0.2, -0.15) is 5.26 Å². The SMILES string of the molecule is Cc1cc(/C=C(\C#N)C(=O)N2CCN(Cc3ccncc3)CC2)c(C)n1CC1CCCO1. The van der Waals surface area contributed by atoms with Crippen LogP contribution in [0, 0.1) is 25.2 Å². The standard InChI is InChI=1S/C25H31N5O2/c1-19-14-22(20(2)30(19)18-24-4-3-13-32-24)15-23(16-26)25(31)29-11-9-28(10-12-29)17-21-5-7-27-8-6-21/h5-8,14-15,24H,3-4,9-13,17-18H2,1-2H3/b23-15+. The highest BCUT2D eigenvalue weighted by atomic mass is 16.5. The number of hydrogen-bond donors (Lipinski definition) is 0. The highest BCUT2D eigenvalue weighted by Crippen LogP contribution is 2.22. The van der Waals surface area contributed by atoms with Crippen LogP contribution in [-0.4, -0.2) is 64.1 Å². The van der Waals surface area contributed by atoms with Crippen LogP contribution in [0.2, 0.25) is 0 Å². The van der Waals surface area contributed by atoms with E-state index in [1.54, 1.807) is 23.4 Å². The van der Waals surface area contributed by atoms with E-state index < -0.39 is 0 Å². The molecule has 0 aromatic carbocycles. The molecule has 2 aromatic rings. The van der Waals surface area contributed by atoms with Crippen LogP contribution in [0.4, 0.5) is 0 Å². The van der Waals surface area contributed by atoms with Crippen LogP contribution in [0.15, 0.2) is 36.2 Å². The van der Waals surface area contributed by atoms with Gasteiger partial charge in [0.2, 0.25) is 0 Å². The number of rotatable bonds is 6. The summed E-state index contributed by atoms with van der Waals surface area (Å²) >= 11 is 0. The summed E-state index contributed by atoms with van der Waals surface area (Å²) in [6, 6.07) is 8.23. The number of amides is 1. The van der Waals surface area contributed by atoms with Gasteiger partial charge >= 0.3 is 0 Å². The minimum atomic E-state index is -0.181. The van der Waals surface area contributed by atoms with Gasteiger partial charge in [-0.25, -0.2) is 0 Å². The van der Waals surface area contributed by atoms with Crippen molar-refractivity contribution >= 4 is 12.0 Å². The maximum absolute atomic E-state index is 13.1. The Morgan fingerprint density at radius 2 is 2.00 bits per heavy atom. The minimum Gasteiger partial charge on any atom is -0.376 e. The summed E-state index contributed by atoms with van der Waals surface area (Å²) in [5.74, 6) is -0.181. The number of carbonyl (C=O) groups is 1. The molecule has 1 atom stereocenters. The predicted molar refractivity (Wildman–Crippen MR) is 123 cm³/mol. The van der Waals surface area contributed by atoms with Crippen molar-refractivity contribution in [1.82, 2.24) is 19.4 Å². The number of nitrogens with zero attached hydrogens (tertiary/aromatic N) is 5. The molecule has 2 aliphatic rings. The van der Waals surface area contributed by atoms with Gasteiger partial charge in [-0.15, -0.1) is 0 Å². The molecular weight excluding hydrogens is 402 g/mol. The topological polar surface area (TPSA) is 74.4 Å². The van der Waals surface area contributed by atoms with Crippen LogP contribution in [0.1, 0.15) is 35.4 Å². The van der Waals surface area contributed by atoms with Crippen LogP contribution < -0.4 is 0 Å². The predicted octanol–water partition coefficient (Wildman–Crippen LogP) is 2.93. The Kier molecular flexibility index (Phi) is 7.03. The Morgan fingerprint density at radius 1 is 1.25 bits per heavy atom. The van der Waals surface area contributed by atoms with Crippen molar-refractivity contribution in [3.8, 4) is 6.07 Å². The molecule has 1 amide bonds. The summed E-state index contributed by atoms with van der Waals surface area (Å²) in [4.78, 5) is 21.2. The molecule has 2 fully saturated rings. The van der Waals surface area contributed by atoms with E-state index >= 15 is 0 Å². The average Bonchev–Trinajstić information content (AvgIpc) is 3.42. The Hall–Kier alpha value is -2.95. The average molecular weight is 434 g/mol. The van der Waals surface area contributed by atoms with Crippen LogP contribution in [-0.2, 0) is 22.6 Å². The molecule has 0 radical (unpaired) electrons. The zero-order chi connectivity index (χ0) is 22.5. The first-order valence-corrected chi connectivity index (χ1v) is 11.4. The number of nitriles is 1. The largest absolute Gasteiger partial charge is 0.376 e. The number of piperazine rings is 1. The molecule has 0 saturated carbocycles. The molecule has 2 aromatic heterocycles.